The molecule has 0 radical (unpaired) electrons. The average Bonchev–Trinajstić information content (AvgIpc) is 2.75. The van der Waals surface area contributed by atoms with Gasteiger partial charge in [-0.25, -0.2) is 0 Å². The summed E-state index contributed by atoms with van der Waals surface area (Å²) in [7, 11) is 0. The predicted octanol–water partition coefficient (Wildman–Crippen LogP) is 1.14. The Balaban J connectivity index is 2.05. The molecule has 1 aliphatic rings. The zero-order valence-electron chi connectivity index (χ0n) is 13.0. The van der Waals surface area contributed by atoms with E-state index in [1.54, 1.807) is 0 Å². The summed E-state index contributed by atoms with van der Waals surface area (Å²) in [6.07, 6.45) is 2.07. The first-order valence-electron chi connectivity index (χ1n) is 7.84. The van der Waals surface area contributed by atoms with Crippen molar-refractivity contribution in [3.05, 3.63) is 35.9 Å². The highest BCUT2D eigenvalue weighted by Gasteiger charge is 2.36. The molecule has 2 amide bonds. The van der Waals surface area contributed by atoms with Gasteiger partial charge in [0.1, 0.15) is 6.61 Å². The van der Waals surface area contributed by atoms with Gasteiger partial charge in [-0.1, -0.05) is 36.8 Å². The Hall–Kier alpha value is -2.37. The molecular formula is C17H22N2O4. The lowest BCUT2D eigenvalue weighted by molar-refractivity contribution is -0.156. The van der Waals surface area contributed by atoms with Crippen LogP contribution in [0, 0.1) is 11.8 Å². The van der Waals surface area contributed by atoms with Crippen LogP contribution in [0.4, 0.5) is 0 Å². The minimum absolute atomic E-state index is 0.114. The second-order valence-electron chi connectivity index (χ2n) is 5.76. The van der Waals surface area contributed by atoms with E-state index in [-0.39, 0.29) is 18.9 Å². The third-order valence-electron chi connectivity index (χ3n) is 4.01. The summed E-state index contributed by atoms with van der Waals surface area (Å²) in [6.45, 7) is 0.709. The molecule has 1 aromatic carbocycles. The molecule has 124 valence electrons. The van der Waals surface area contributed by atoms with Crippen LogP contribution in [-0.4, -0.2) is 24.3 Å². The van der Waals surface area contributed by atoms with Crippen LogP contribution in [-0.2, 0) is 25.7 Å². The fourth-order valence-corrected chi connectivity index (χ4v) is 2.79. The number of esters is 1. The minimum Gasteiger partial charge on any atom is -0.461 e. The normalized spacial score (nSPS) is 19.3. The monoisotopic (exact) mass is 318 g/mol. The summed E-state index contributed by atoms with van der Waals surface area (Å²) in [4.78, 5) is 35.9. The summed E-state index contributed by atoms with van der Waals surface area (Å²) in [5.41, 5.74) is 6.10. The van der Waals surface area contributed by atoms with Gasteiger partial charge in [-0.15, -0.1) is 0 Å². The van der Waals surface area contributed by atoms with Gasteiger partial charge in [-0.05, 0) is 18.4 Å². The van der Waals surface area contributed by atoms with Crippen LogP contribution >= 0.6 is 0 Å². The number of carbonyl (C=O) groups excluding carboxylic acids is 3. The van der Waals surface area contributed by atoms with Gasteiger partial charge >= 0.3 is 5.97 Å². The third-order valence-corrected chi connectivity index (χ3v) is 4.01. The molecule has 2 atom stereocenters. The number of nitrogens with one attached hydrogen (secondary N) is 1. The van der Waals surface area contributed by atoms with E-state index < -0.39 is 23.7 Å². The smallest absolute Gasteiger partial charge is 0.310 e. The van der Waals surface area contributed by atoms with Crippen LogP contribution in [0.25, 0.3) is 0 Å². The summed E-state index contributed by atoms with van der Waals surface area (Å²) in [6, 6.07) is 9.26. The first-order valence-corrected chi connectivity index (χ1v) is 7.84. The Kier molecular flexibility index (Phi) is 6.14. The minimum atomic E-state index is -0.825. The van der Waals surface area contributed by atoms with Crippen molar-refractivity contribution >= 4 is 17.8 Å². The second kappa shape index (κ2) is 8.31. The number of hydrogen-bond donors (Lipinski definition) is 2. The molecule has 1 fully saturated rings. The third kappa shape index (κ3) is 5.09. The zero-order valence-corrected chi connectivity index (χ0v) is 13.0. The van der Waals surface area contributed by atoms with Gasteiger partial charge < -0.3 is 15.8 Å². The first kappa shape index (κ1) is 17.0. The van der Waals surface area contributed by atoms with E-state index in [4.69, 9.17) is 10.5 Å². The van der Waals surface area contributed by atoms with Gasteiger partial charge in [0.2, 0.25) is 11.8 Å². The highest BCUT2D eigenvalue weighted by molar-refractivity contribution is 5.88. The number of primary amides is 1. The number of nitrogens with two attached hydrogens (primary N) is 1. The maximum Gasteiger partial charge on any atom is 0.310 e. The SMILES string of the molecule is NC(=O)CC(C(=O)OCc1ccccc1)[C@@H]1CCCCNC1=O. The molecule has 0 saturated carbocycles. The second-order valence-corrected chi connectivity index (χ2v) is 5.76. The predicted molar refractivity (Wildman–Crippen MR) is 83.9 cm³/mol. The maximum absolute atomic E-state index is 12.4. The summed E-state index contributed by atoms with van der Waals surface area (Å²) < 4.78 is 5.31. The van der Waals surface area contributed by atoms with Gasteiger partial charge in [0.05, 0.1) is 11.8 Å². The van der Waals surface area contributed by atoms with Crippen LogP contribution in [0.2, 0.25) is 0 Å². The number of amides is 2. The molecule has 6 heteroatoms. The average molecular weight is 318 g/mol. The summed E-state index contributed by atoms with van der Waals surface area (Å²) in [5, 5.41) is 2.78. The van der Waals surface area contributed by atoms with Gasteiger partial charge in [0.15, 0.2) is 0 Å². The molecule has 1 unspecified atom stereocenters. The molecular weight excluding hydrogens is 296 g/mol. The quantitative estimate of drug-likeness (QED) is 0.768. The number of hydrogen-bond acceptors (Lipinski definition) is 4. The number of ether oxygens (including phenoxy) is 1. The van der Waals surface area contributed by atoms with E-state index in [1.165, 1.54) is 0 Å². The molecule has 0 bridgehead atoms. The van der Waals surface area contributed by atoms with Crippen LogP contribution in [0.5, 0.6) is 0 Å². The molecule has 23 heavy (non-hydrogen) atoms. The molecule has 1 aromatic rings. The molecule has 1 heterocycles. The van der Waals surface area contributed by atoms with Crippen molar-refractivity contribution in [2.75, 3.05) is 6.54 Å². The van der Waals surface area contributed by atoms with E-state index in [2.05, 4.69) is 5.32 Å². The van der Waals surface area contributed by atoms with Crippen molar-refractivity contribution in [2.45, 2.75) is 32.3 Å². The number of rotatable bonds is 6. The fraction of sp³-hybridized carbons (Fsp3) is 0.471. The van der Waals surface area contributed by atoms with E-state index in [1.807, 2.05) is 30.3 Å². The molecule has 2 rings (SSSR count). The Morgan fingerprint density at radius 1 is 1.26 bits per heavy atom. The van der Waals surface area contributed by atoms with Crippen molar-refractivity contribution in [1.82, 2.24) is 5.32 Å². The number of carbonyl (C=O) groups is 3. The van der Waals surface area contributed by atoms with Gasteiger partial charge in [-0.3, -0.25) is 14.4 Å². The van der Waals surface area contributed by atoms with Crippen LogP contribution < -0.4 is 11.1 Å². The van der Waals surface area contributed by atoms with Crippen molar-refractivity contribution in [3.8, 4) is 0 Å². The Labute approximate surface area is 135 Å². The molecule has 0 spiro atoms. The Morgan fingerprint density at radius 2 is 2.00 bits per heavy atom. The molecule has 0 aliphatic carbocycles. The van der Waals surface area contributed by atoms with Gasteiger partial charge in [0, 0.05) is 13.0 Å². The highest BCUT2D eigenvalue weighted by atomic mass is 16.5. The Bertz CT molecular complexity index is 559. The van der Waals surface area contributed by atoms with Crippen molar-refractivity contribution in [2.24, 2.45) is 17.6 Å². The molecule has 6 nitrogen and oxygen atoms in total. The standard InChI is InChI=1S/C17H22N2O4/c18-15(20)10-14(13-8-4-5-9-19-16(13)21)17(22)23-11-12-6-2-1-3-7-12/h1-3,6-7,13-14H,4-5,8-11H2,(H2,18,20)(H,19,21)/t13-,14?/m0/s1. The Morgan fingerprint density at radius 3 is 2.70 bits per heavy atom. The summed E-state index contributed by atoms with van der Waals surface area (Å²) >= 11 is 0. The lowest BCUT2D eigenvalue weighted by atomic mass is 9.85. The van der Waals surface area contributed by atoms with Crippen LogP contribution in [0.1, 0.15) is 31.2 Å². The molecule has 1 aliphatic heterocycles. The molecule has 3 N–H and O–H groups in total. The van der Waals surface area contributed by atoms with Gasteiger partial charge in [-0.2, -0.15) is 0 Å². The van der Waals surface area contributed by atoms with Crippen molar-refractivity contribution < 1.29 is 19.1 Å². The van der Waals surface area contributed by atoms with Crippen LogP contribution in [0.3, 0.4) is 0 Å². The maximum atomic E-state index is 12.4. The largest absolute Gasteiger partial charge is 0.461 e. The lowest BCUT2D eigenvalue weighted by Crippen LogP contribution is -2.39. The van der Waals surface area contributed by atoms with Crippen LogP contribution in [0.15, 0.2) is 30.3 Å². The van der Waals surface area contributed by atoms with Gasteiger partial charge in [0.25, 0.3) is 0 Å². The zero-order chi connectivity index (χ0) is 16.7. The summed E-state index contributed by atoms with van der Waals surface area (Å²) in [5.74, 6) is -2.74. The van der Waals surface area contributed by atoms with Crippen molar-refractivity contribution in [3.63, 3.8) is 0 Å². The molecule has 0 aromatic heterocycles. The lowest BCUT2D eigenvalue weighted by Gasteiger charge is -2.22. The number of benzene rings is 1. The fourth-order valence-electron chi connectivity index (χ4n) is 2.79. The van der Waals surface area contributed by atoms with E-state index in [9.17, 15) is 14.4 Å². The van der Waals surface area contributed by atoms with E-state index in [0.29, 0.717) is 13.0 Å². The van der Waals surface area contributed by atoms with E-state index in [0.717, 1.165) is 18.4 Å². The van der Waals surface area contributed by atoms with E-state index >= 15 is 0 Å². The topological polar surface area (TPSA) is 98.5 Å². The highest BCUT2D eigenvalue weighted by Crippen LogP contribution is 2.25. The molecule has 1 saturated heterocycles. The first-order chi connectivity index (χ1) is 11.1. The van der Waals surface area contributed by atoms with Crippen molar-refractivity contribution in [1.29, 1.82) is 0 Å².